The topological polar surface area (TPSA) is 62.5 Å². The summed E-state index contributed by atoms with van der Waals surface area (Å²) in [5.74, 6) is -0.178. The Hall–Kier alpha value is -2.31. The fraction of sp³-hybridized carbons (Fsp3) is 0.500. The zero-order chi connectivity index (χ0) is 24.7. The highest BCUT2D eigenvalue weighted by atomic mass is 32.2. The highest BCUT2D eigenvalue weighted by molar-refractivity contribution is 7.85. The van der Waals surface area contributed by atoms with Gasteiger partial charge in [0.25, 0.3) is 10.1 Å². The normalized spacial score (nSPS) is 12.2. The molecule has 34 heavy (non-hydrogen) atoms. The smallest absolute Gasteiger partial charge is 0.264 e. The van der Waals surface area contributed by atoms with Crippen LogP contribution in [0.15, 0.2) is 54.9 Å². The Balaban J connectivity index is 1.84. The monoisotopic (exact) mass is 486 g/mol. The molecular formula is C28H42N2O3S. The van der Waals surface area contributed by atoms with Gasteiger partial charge >= 0.3 is 0 Å². The average Bonchev–Trinajstić information content (AvgIpc) is 3.26. The molecule has 0 spiro atoms. The molecule has 0 saturated heterocycles. The lowest BCUT2D eigenvalue weighted by Crippen LogP contribution is -2.25. The third kappa shape index (κ3) is 11.7. The van der Waals surface area contributed by atoms with Crippen molar-refractivity contribution >= 4 is 28.0 Å². The third-order valence-electron chi connectivity index (χ3n) is 5.85. The predicted octanol–water partition coefficient (Wildman–Crippen LogP) is 7.07. The van der Waals surface area contributed by atoms with Crippen LogP contribution in [0.1, 0.15) is 76.3 Å². The van der Waals surface area contributed by atoms with Crippen molar-refractivity contribution in [1.29, 1.82) is 0 Å². The Morgan fingerprint density at radius 1 is 0.824 bits per heavy atom. The standard InChI is InChI=1S/C28H42N2O3S/c1-3-5-9-21-30(22-10-6-4-2)28-17-15-26(16-18-28)13-7-8-14-27-19-23-29(25-27)20-11-12-24-34(31,32)33/h7-8,13-19,23,25H,3-6,9-12,20-22,24H2,1-2H3,(H,31,32,33). The number of unbranched alkanes of at least 4 members (excludes halogenated alkanes) is 5. The van der Waals surface area contributed by atoms with Gasteiger partial charge in [0.05, 0.1) is 5.75 Å². The zero-order valence-electron chi connectivity index (χ0n) is 20.9. The van der Waals surface area contributed by atoms with Gasteiger partial charge in [0.15, 0.2) is 0 Å². The van der Waals surface area contributed by atoms with E-state index in [0.29, 0.717) is 12.8 Å². The van der Waals surface area contributed by atoms with Crippen LogP contribution in [0.4, 0.5) is 5.69 Å². The number of hydrogen-bond acceptors (Lipinski definition) is 3. The van der Waals surface area contributed by atoms with E-state index >= 15 is 0 Å². The van der Waals surface area contributed by atoms with Crippen LogP contribution in [-0.2, 0) is 16.7 Å². The van der Waals surface area contributed by atoms with Crippen LogP contribution in [0, 0.1) is 0 Å². The molecule has 188 valence electrons. The van der Waals surface area contributed by atoms with Crippen LogP contribution in [0.25, 0.3) is 12.2 Å². The summed E-state index contributed by atoms with van der Waals surface area (Å²) < 4.78 is 32.4. The summed E-state index contributed by atoms with van der Waals surface area (Å²) in [7, 11) is -3.86. The fourth-order valence-electron chi connectivity index (χ4n) is 3.88. The lowest BCUT2D eigenvalue weighted by molar-refractivity contribution is 0.478. The van der Waals surface area contributed by atoms with E-state index in [1.54, 1.807) is 0 Å². The summed E-state index contributed by atoms with van der Waals surface area (Å²) in [5, 5.41) is 0. The molecule has 1 heterocycles. The predicted molar refractivity (Wildman–Crippen MR) is 146 cm³/mol. The van der Waals surface area contributed by atoms with Gasteiger partial charge in [-0.2, -0.15) is 8.42 Å². The molecule has 0 bridgehead atoms. The fourth-order valence-corrected chi connectivity index (χ4v) is 4.45. The second-order valence-corrected chi connectivity index (χ2v) is 10.5. The van der Waals surface area contributed by atoms with Crippen LogP contribution >= 0.6 is 0 Å². The number of rotatable bonds is 17. The van der Waals surface area contributed by atoms with Gasteiger partial charge in [-0.1, -0.05) is 76.0 Å². The minimum absolute atomic E-state index is 0.178. The number of aryl methyl sites for hydroxylation is 1. The maximum atomic E-state index is 10.8. The van der Waals surface area contributed by atoms with Crippen LogP contribution < -0.4 is 4.90 Å². The summed E-state index contributed by atoms with van der Waals surface area (Å²) in [6.45, 7) is 7.51. The molecule has 0 aliphatic carbocycles. The molecule has 0 atom stereocenters. The summed E-state index contributed by atoms with van der Waals surface area (Å²) in [4.78, 5) is 2.53. The highest BCUT2D eigenvalue weighted by Gasteiger charge is 2.06. The summed E-state index contributed by atoms with van der Waals surface area (Å²) in [6, 6.07) is 10.9. The summed E-state index contributed by atoms with van der Waals surface area (Å²) in [5.41, 5.74) is 3.61. The number of allylic oxidation sites excluding steroid dienone is 2. The van der Waals surface area contributed by atoms with Gasteiger partial charge < -0.3 is 9.47 Å². The largest absolute Gasteiger partial charge is 0.372 e. The number of benzene rings is 1. The molecule has 0 aliphatic heterocycles. The van der Waals surface area contributed by atoms with Crippen molar-refractivity contribution in [3.63, 3.8) is 0 Å². The Morgan fingerprint density at radius 3 is 2.03 bits per heavy atom. The molecule has 0 unspecified atom stereocenters. The van der Waals surface area contributed by atoms with Crippen molar-refractivity contribution in [3.05, 3.63) is 66.0 Å². The number of nitrogens with zero attached hydrogens (tertiary/aromatic N) is 2. The van der Waals surface area contributed by atoms with E-state index in [4.69, 9.17) is 4.55 Å². The van der Waals surface area contributed by atoms with Crippen molar-refractivity contribution in [2.75, 3.05) is 23.7 Å². The van der Waals surface area contributed by atoms with E-state index in [1.165, 1.54) is 49.8 Å². The minimum Gasteiger partial charge on any atom is -0.372 e. The van der Waals surface area contributed by atoms with Crippen LogP contribution in [0.3, 0.4) is 0 Å². The van der Waals surface area contributed by atoms with Gasteiger partial charge in [0, 0.05) is 37.7 Å². The number of hydrogen-bond donors (Lipinski definition) is 1. The molecule has 1 aromatic carbocycles. The first kappa shape index (κ1) is 27.9. The molecule has 6 heteroatoms. The second kappa shape index (κ2) is 15.6. The molecule has 0 fully saturated rings. The molecule has 0 saturated carbocycles. The Kier molecular flexibility index (Phi) is 12.8. The first-order valence-corrected chi connectivity index (χ1v) is 14.3. The van der Waals surface area contributed by atoms with E-state index in [0.717, 1.165) is 25.2 Å². The van der Waals surface area contributed by atoms with Crippen LogP contribution in [-0.4, -0.2) is 36.4 Å². The van der Waals surface area contributed by atoms with Crippen molar-refractivity contribution < 1.29 is 13.0 Å². The van der Waals surface area contributed by atoms with Gasteiger partial charge in [-0.05, 0) is 55.0 Å². The molecule has 2 aromatic rings. The maximum absolute atomic E-state index is 10.8. The van der Waals surface area contributed by atoms with Crippen LogP contribution in [0.5, 0.6) is 0 Å². The van der Waals surface area contributed by atoms with E-state index in [2.05, 4.69) is 61.2 Å². The van der Waals surface area contributed by atoms with E-state index in [1.807, 2.05) is 29.1 Å². The van der Waals surface area contributed by atoms with Gasteiger partial charge in [-0.3, -0.25) is 4.55 Å². The Morgan fingerprint density at radius 2 is 1.44 bits per heavy atom. The molecule has 1 aromatic heterocycles. The average molecular weight is 487 g/mol. The molecule has 0 aliphatic rings. The molecule has 0 amide bonds. The van der Waals surface area contributed by atoms with Gasteiger partial charge in [-0.15, -0.1) is 0 Å². The lowest BCUT2D eigenvalue weighted by Gasteiger charge is -2.25. The van der Waals surface area contributed by atoms with Gasteiger partial charge in [0.1, 0.15) is 0 Å². The first-order valence-electron chi connectivity index (χ1n) is 12.7. The van der Waals surface area contributed by atoms with Crippen molar-refractivity contribution in [3.8, 4) is 0 Å². The first-order chi connectivity index (χ1) is 16.4. The molecule has 2 rings (SSSR count). The SMILES string of the molecule is CCCCCN(CCCCC)c1ccc(C=CC=Cc2ccn(CCCCS(=O)(=O)O)c2)cc1. The van der Waals surface area contributed by atoms with Gasteiger partial charge in [0.2, 0.25) is 0 Å². The van der Waals surface area contributed by atoms with Crippen molar-refractivity contribution in [1.82, 2.24) is 4.57 Å². The van der Waals surface area contributed by atoms with Crippen molar-refractivity contribution in [2.24, 2.45) is 0 Å². The van der Waals surface area contributed by atoms with Crippen LogP contribution in [0.2, 0.25) is 0 Å². The van der Waals surface area contributed by atoms with E-state index < -0.39 is 10.1 Å². The van der Waals surface area contributed by atoms with Crippen molar-refractivity contribution in [2.45, 2.75) is 71.8 Å². The summed E-state index contributed by atoms with van der Waals surface area (Å²) in [6.07, 6.45) is 21.0. The Labute approximate surface area is 206 Å². The quantitative estimate of drug-likeness (QED) is 0.148. The maximum Gasteiger partial charge on any atom is 0.264 e. The Bertz CT molecular complexity index is 965. The third-order valence-corrected chi connectivity index (χ3v) is 6.66. The second-order valence-electron chi connectivity index (χ2n) is 8.89. The highest BCUT2D eigenvalue weighted by Crippen LogP contribution is 2.18. The molecule has 0 radical (unpaired) electrons. The molecular weight excluding hydrogens is 444 g/mol. The molecule has 5 nitrogen and oxygen atoms in total. The van der Waals surface area contributed by atoms with Gasteiger partial charge in [-0.25, -0.2) is 0 Å². The molecule has 1 N–H and O–H groups in total. The number of anilines is 1. The summed E-state index contributed by atoms with van der Waals surface area (Å²) >= 11 is 0. The van der Waals surface area contributed by atoms with E-state index in [9.17, 15) is 8.42 Å². The minimum atomic E-state index is -3.86. The lowest BCUT2D eigenvalue weighted by atomic mass is 10.1. The zero-order valence-corrected chi connectivity index (χ0v) is 21.7. The van der Waals surface area contributed by atoms with E-state index in [-0.39, 0.29) is 5.75 Å². The number of aromatic nitrogens is 1.